The standard InChI is InChI=1S/C28H27FN4O4/c1-5-23(34)32-18-9-6-16(7-10-18)19-12-13-21-25(26(30)33-37-21)24(19)17-8-11-20(22(14-17)36-4)27(35)31-15-28(2,3)29/h5-14H,1,15H2,2-4H3,(H2,30,33)(H,31,35)(H,32,34). The lowest BCUT2D eigenvalue weighted by atomic mass is 9.91. The minimum atomic E-state index is -1.55. The Bertz CT molecular complexity index is 1490. The molecule has 4 rings (SSSR count). The van der Waals surface area contributed by atoms with E-state index in [-0.39, 0.29) is 23.8 Å². The summed E-state index contributed by atoms with van der Waals surface area (Å²) in [6, 6.07) is 16.1. The zero-order valence-corrected chi connectivity index (χ0v) is 20.7. The monoisotopic (exact) mass is 502 g/mol. The van der Waals surface area contributed by atoms with E-state index in [2.05, 4.69) is 22.4 Å². The number of alkyl halides is 1. The van der Waals surface area contributed by atoms with Crippen LogP contribution in [0.1, 0.15) is 24.2 Å². The molecule has 0 unspecified atom stereocenters. The van der Waals surface area contributed by atoms with Gasteiger partial charge in [-0.05, 0) is 73.0 Å². The zero-order chi connectivity index (χ0) is 26.7. The Morgan fingerprint density at radius 3 is 2.49 bits per heavy atom. The minimum absolute atomic E-state index is 0.138. The van der Waals surface area contributed by atoms with Gasteiger partial charge >= 0.3 is 0 Å². The van der Waals surface area contributed by atoms with E-state index in [0.717, 1.165) is 16.7 Å². The molecular weight excluding hydrogens is 475 g/mol. The van der Waals surface area contributed by atoms with Gasteiger partial charge in [-0.1, -0.05) is 29.9 Å². The third-order valence-electron chi connectivity index (χ3n) is 5.72. The molecule has 9 heteroatoms. The topological polar surface area (TPSA) is 119 Å². The first-order valence-corrected chi connectivity index (χ1v) is 11.5. The van der Waals surface area contributed by atoms with Gasteiger partial charge in [0.1, 0.15) is 11.4 Å². The van der Waals surface area contributed by atoms with Crippen LogP contribution in [-0.2, 0) is 4.79 Å². The summed E-state index contributed by atoms with van der Waals surface area (Å²) in [6.45, 7) is 6.10. The summed E-state index contributed by atoms with van der Waals surface area (Å²) in [5.41, 5.74) is 9.13. The molecule has 3 aromatic carbocycles. The number of carbonyl (C=O) groups excluding carboxylic acids is 2. The van der Waals surface area contributed by atoms with Crippen molar-refractivity contribution in [1.29, 1.82) is 0 Å². The quantitative estimate of drug-likeness (QED) is 0.279. The first-order chi connectivity index (χ1) is 17.6. The zero-order valence-electron chi connectivity index (χ0n) is 20.7. The Morgan fingerprint density at radius 2 is 1.84 bits per heavy atom. The fourth-order valence-corrected chi connectivity index (χ4v) is 3.94. The second-order valence-corrected chi connectivity index (χ2v) is 9.02. The number of nitrogens with one attached hydrogen (secondary N) is 2. The molecule has 0 saturated heterocycles. The molecule has 0 aliphatic carbocycles. The Hall–Kier alpha value is -4.66. The number of anilines is 2. The number of aromatic nitrogens is 1. The second kappa shape index (κ2) is 10.1. The van der Waals surface area contributed by atoms with E-state index in [9.17, 15) is 14.0 Å². The fraction of sp³-hybridized carbons (Fsp3) is 0.179. The van der Waals surface area contributed by atoms with Gasteiger partial charge in [-0.15, -0.1) is 0 Å². The predicted molar refractivity (Wildman–Crippen MR) is 142 cm³/mol. The maximum absolute atomic E-state index is 13.9. The van der Waals surface area contributed by atoms with E-state index in [4.69, 9.17) is 15.0 Å². The van der Waals surface area contributed by atoms with Crippen LogP contribution >= 0.6 is 0 Å². The average Bonchev–Trinajstić information content (AvgIpc) is 3.27. The molecule has 0 radical (unpaired) electrons. The molecule has 0 aliphatic heterocycles. The van der Waals surface area contributed by atoms with E-state index in [1.54, 1.807) is 36.4 Å². The highest BCUT2D eigenvalue weighted by molar-refractivity contribution is 6.08. The van der Waals surface area contributed by atoms with Gasteiger partial charge < -0.3 is 25.6 Å². The molecule has 0 spiro atoms. The number of methoxy groups -OCH3 is 1. The van der Waals surface area contributed by atoms with E-state index >= 15 is 0 Å². The van der Waals surface area contributed by atoms with Crippen molar-refractivity contribution in [2.75, 3.05) is 24.7 Å². The van der Waals surface area contributed by atoms with Crippen molar-refractivity contribution < 1.29 is 23.2 Å². The van der Waals surface area contributed by atoms with Crippen molar-refractivity contribution in [2.24, 2.45) is 0 Å². The van der Waals surface area contributed by atoms with Gasteiger partial charge in [0.15, 0.2) is 11.4 Å². The summed E-state index contributed by atoms with van der Waals surface area (Å²) < 4.78 is 24.8. The Morgan fingerprint density at radius 1 is 1.14 bits per heavy atom. The number of halogens is 1. The fourth-order valence-electron chi connectivity index (χ4n) is 3.94. The van der Waals surface area contributed by atoms with Crippen LogP contribution in [0.4, 0.5) is 15.9 Å². The molecular formula is C28H27FN4O4. The number of nitrogens with zero attached hydrogens (tertiary/aromatic N) is 1. The molecule has 0 saturated carbocycles. The van der Waals surface area contributed by atoms with Gasteiger partial charge in [-0.2, -0.15) is 0 Å². The van der Waals surface area contributed by atoms with Crippen molar-refractivity contribution in [3.63, 3.8) is 0 Å². The Balaban J connectivity index is 1.81. The molecule has 1 heterocycles. The SMILES string of the molecule is C=CC(=O)Nc1ccc(-c2ccc3onc(N)c3c2-c2ccc(C(=O)NCC(C)(C)F)c(OC)c2)cc1. The normalized spacial score (nSPS) is 11.2. The Labute approximate surface area is 213 Å². The molecule has 1 aromatic heterocycles. The van der Waals surface area contributed by atoms with Crippen molar-refractivity contribution in [3.05, 3.63) is 72.8 Å². The van der Waals surface area contributed by atoms with Crippen LogP contribution in [0.2, 0.25) is 0 Å². The molecule has 0 fully saturated rings. The molecule has 190 valence electrons. The lowest BCUT2D eigenvalue weighted by Gasteiger charge is -2.17. The molecule has 4 N–H and O–H groups in total. The summed E-state index contributed by atoms with van der Waals surface area (Å²) in [6.07, 6.45) is 1.20. The summed E-state index contributed by atoms with van der Waals surface area (Å²) in [4.78, 5) is 24.4. The molecule has 0 bridgehead atoms. The number of benzene rings is 3. The van der Waals surface area contributed by atoms with E-state index < -0.39 is 11.6 Å². The number of rotatable bonds is 8. The lowest BCUT2D eigenvalue weighted by Crippen LogP contribution is -2.35. The van der Waals surface area contributed by atoms with Crippen molar-refractivity contribution in [1.82, 2.24) is 10.5 Å². The largest absolute Gasteiger partial charge is 0.496 e. The average molecular weight is 503 g/mol. The maximum atomic E-state index is 13.9. The highest BCUT2D eigenvalue weighted by atomic mass is 19.1. The third-order valence-corrected chi connectivity index (χ3v) is 5.72. The molecule has 37 heavy (non-hydrogen) atoms. The lowest BCUT2D eigenvalue weighted by molar-refractivity contribution is -0.111. The van der Waals surface area contributed by atoms with Gasteiger partial charge in [0.05, 0.1) is 24.6 Å². The Kier molecular flexibility index (Phi) is 6.97. The van der Waals surface area contributed by atoms with Crippen LogP contribution in [-0.4, -0.2) is 36.3 Å². The summed E-state index contributed by atoms with van der Waals surface area (Å²) in [5, 5.41) is 9.85. The van der Waals surface area contributed by atoms with Crippen molar-refractivity contribution in [3.8, 4) is 28.0 Å². The number of nitrogen functional groups attached to an aromatic ring is 1. The van der Waals surface area contributed by atoms with Crippen LogP contribution in [0.5, 0.6) is 5.75 Å². The van der Waals surface area contributed by atoms with Gasteiger partial charge in [0.2, 0.25) is 5.91 Å². The van der Waals surface area contributed by atoms with Gasteiger partial charge in [-0.25, -0.2) is 4.39 Å². The smallest absolute Gasteiger partial charge is 0.255 e. The molecule has 8 nitrogen and oxygen atoms in total. The number of hydrogen-bond donors (Lipinski definition) is 3. The molecule has 4 aromatic rings. The van der Waals surface area contributed by atoms with E-state index in [1.165, 1.54) is 27.0 Å². The summed E-state index contributed by atoms with van der Waals surface area (Å²) in [5.74, 6) is -0.229. The highest BCUT2D eigenvalue weighted by Crippen LogP contribution is 2.42. The number of carbonyl (C=O) groups is 2. The highest BCUT2D eigenvalue weighted by Gasteiger charge is 2.22. The molecule has 2 amide bonds. The van der Waals surface area contributed by atoms with Crippen LogP contribution < -0.4 is 21.1 Å². The summed E-state index contributed by atoms with van der Waals surface area (Å²) in [7, 11) is 1.46. The maximum Gasteiger partial charge on any atom is 0.255 e. The number of nitrogens with two attached hydrogens (primary N) is 1. The van der Waals surface area contributed by atoms with Crippen LogP contribution in [0.25, 0.3) is 33.2 Å². The van der Waals surface area contributed by atoms with Crippen LogP contribution in [0.3, 0.4) is 0 Å². The second-order valence-electron chi connectivity index (χ2n) is 9.02. The van der Waals surface area contributed by atoms with Gasteiger partial charge in [0, 0.05) is 11.3 Å². The number of fused-ring (bicyclic) bond motifs is 1. The van der Waals surface area contributed by atoms with Crippen molar-refractivity contribution in [2.45, 2.75) is 19.5 Å². The number of ether oxygens (including phenoxy) is 1. The first-order valence-electron chi connectivity index (χ1n) is 11.5. The van der Waals surface area contributed by atoms with Gasteiger partial charge in [-0.3, -0.25) is 9.59 Å². The van der Waals surface area contributed by atoms with Crippen LogP contribution in [0.15, 0.2) is 71.8 Å². The molecule has 0 aliphatic rings. The minimum Gasteiger partial charge on any atom is -0.496 e. The number of amides is 2. The van der Waals surface area contributed by atoms with Crippen molar-refractivity contribution >= 4 is 34.3 Å². The first kappa shape index (κ1) is 25.4. The van der Waals surface area contributed by atoms with Crippen LogP contribution in [0, 0.1) is 0 Å². The molecule has 0 atom stereocenters. The van der Waals surface area contributed by atoms with E-state index in [1.807, 2.05) is 18.2 Å². The number of hydrogen-bond acceptors (Lipinski definition) is 6. The third kappa shape index (κ3) is 5.45. The van der Waals surface area contributed by atoms with E-state index in [0.29, 0.717) is 28.0 Å². The van der Waals surface area contributed by atoms with Gasteiger partial charge in [0.25, 0.3) is 5.91 Å². The predicted octanol–water partition coefficient (Wildman–Crippen LogP) is 5.36. The summed E-state index contributed by atoms with van der Waals surface area (Å²) >= 11 is 0.